The third kappa shape index (κ3) is 4.13. The molecule has 0 fully saturated rings. The van der Waals surface area contributed by atoms with E-state index in [1.54, 1.807) is 6.20 Å². The first-order chi connectivity index (χ1) is 12.2. The molecular weight excluding hydrogens is 312 g/mol. The first-order valence-corrected chi connectivity index (χ1v) is 9.02. The number of aromatic nitrogens is 2. The Morgan fingerprint density at radius 2 is 2.12 bits per heavy atom. The van der Waals surface area contributed by atoms with Crippen LogP contribution >= 0.6 is 0 Å². The van der Waals surface area contributed by atoms with Gasteiger partial charge in [0.15, 0.2) is 5.96 Å². The highest BCUT2D eigenvalue weighted by Crippen LogP contribution is 2.28. The number of hydrogen-bond donors (Lipinski definition) is 2. The van der Waals surface area contributed by atoms with Crippen LogP contribution in [0.15, 0.2) is 41.5 Å². The van der Waals surface area contributed by atoms with Gasteiger partial charge in [-0.15, -0.1) is 0 Å². The predicted molar refractivity (Wildman–Crippen MR) is 103 cm³/mol. The molecule has 0 saturated carbocycles. The first kappa shape index (κ1) is 17.3. The second kappa shape index (κ2) is 8.05. The van der Waals surface area contributed by atoms with Crippen molar-refractivity contribution < 1.29 is 0 Å². The molecular formula is C19H28N6. The van der Waals surface area contributed by atoms with Crippen LogP contribution < -0.4 is 15.5 Å². The molecule has 0 amide bonds. The van der Waals surface area contributed by atoms with Gasteiger partial charge in [0.05, 0.1) is 12.2 Å². The summed E-state index contributed by atoms with van der Waals surface area (Å²) in [7, 11) is 1.94. The van der Waals surface area contributed by atoms with Gasteiger partial charge < -0.3 is 15.5 Å². The molecule has 0 saturated heterocycles. The molecule has 0 aliphatic carbocycles. The summed E-state index contributed by atoms with van der Waals surface area (Å²) in [6.45, 7) is 7.75. The predicted octanol–water partition coefficient (Wildman–Crippen LogP) is 1.93. The lowest BCUT2D eigenvalue weighted by Gasteiger charge is -2.28. The van der Waals surface area contributed by atoms with Gasteiger partial charge in [-0.3, -0.25) is 4.68 Å². The summed E-state index contributed by atoms with van der Waals surface area (Å²) in [4.78, 5) is 7.15. The summed E-state index contributed by atoms with van der Waals surface area (Å²) >= 11 is 0. The molecule has 1 atom stereocenters. The quantitative estimate of drug-likeness (QED) is 0.623. The maximum atomic E-state index is 4.67. The Morgan fingerprint density at radius 3 is 2.88 bits per heavy atom. The van der Waals surface area contributed by atoms with E-state index in [0.29, 0.717) is 12.6 Å². The Balaban J connectivity index is 1.59. The monoisotopic (exact) mass is 340 g/mol. The summed E-state index contributed by atoms with van der Waals surface area (Å²) in [6.07, 6.45) is 2.94. The fourth-order valence-electron chi connectivity index (χ4n) is 3.23. The largest absolute Gasteiger partial charge is 0.366 e. The molecule has 2 N–H and O–H groups in total. The van der Waals surface area contributed by atoms with Gasteiger partial charge in [0.25, 0.3) is 0 Å². The minimum Gasteiger partial charge on any atom is -0.366 e. The summed E-state index contributed by atoms with van der Waals surface area (Å²) in [5.41, 5.74) is 3.92. The number of guanidine groups is 1. The van der Waals surface area contributed by atoms with E-state index >= 15 is 0 Å². The maximum absolute atomic E-state index is 4.67. The van der Waals surface area contributed by atoms with Crippen molar-refractivity contribution in [1.29, 1.82) is 0 Å². The van der Waals surface area contributed by atoms with Crippen molar-refractivity contribution in [3.8, 4) is 0 Å². The van der Waals surface area contributed by atoms with E-state index < -0.39 is 0 Å². The van der Waals surface area contributed by atoms with E-state index in [0.717, 1.165) is 37.7 Å². The van der Waals surface area contributed by atoms with Crippen LogP contribution in [0.4, 0.5) is 5.69 Å². The number of hydrogen-bond acceptors (Lipinski definition) is 3. The lowest BCUT2D eigenvalue weighted by molar-refractivity contribution is 0.624. The Hall–Kier alpha value is -2.50. The van der Waals surface area contributed by atoms with E-state index in [1.807, 2.05) is 17.8 Å². The standard InChI is InChI=1S/C19H28N6/c1-4-20-19(22-14-17-9-11-23-24(17)3)21-13-15(2)25-12-10-16-7-5-6-8-18(16)25/h5-9,11,15H,4,10,12-14H2,1-3H3,(H2,20,21,22). The number of nitrogens with one attached hydrogen (secondary N) is 2. The van der Waals surface area contributed by atoms with E-state index in [-0.39, 0.29) is 0 Å². The summed E-state index contributed by atoms with van der Waals surface area (Å²) in [5, 5.41) is 11.0. The van der Waals surface area contributed by atoms with Gasteiger partial charge in [0.2, 0.25) is 0 Å². The van der Waals surface area contributed by atoms with Gasteiger partial charge in [-0.05, 0) is 38.0 Å². The van der Waals surface area contributed by atoms with Crippen molar-refractivity contribution in [2.45, 2.75) is 32.9 Å². The van der Waals surface area contributed by atoms with Crippen LogP contribution in [0.3, 0.4) is 0 Å². The number of benzene rings is 1. The fourth-order valence-corrected chi connectivity index (χ4v) is 3.23. The van der Waals surface area contributed by atoms with Gasteiger partial charge in [0.1, 0.15) is 0 Å². The Kier molecular flexibility index (Phi) is 5.58. The molecule has 0 spiro atoms. The highest BCUT2D eigenvalue weighted by Gasteiger charge is 2.22. The molecule has 2 aromatic rings. The molecule has 0 bridgehead atoms. The van der Waals surface area contributed by atoms with Gasteiger partial charge in [-0.2, -0.15) is 5.10 Å². The van der Waals surface area contributed by atoms with E-state index in [1.165, 1.54) is 11.3 Å². The number of rotatable bonds is 6. The van der Waals surface area contributed by atoms with Gasteiger partial charge in [-0.1, -0.05) is 18.2 Å². The molecule has 1 aliphatic heterocycles. The average molecular weight is 340 g/mol. The molecule has 0 radical (unpaired) electrons. The van der Waals surface area contributed by atoms with Crippen molar-refractivity contribution in [3.05, 3.63) is 47.8 Å². The molecule has 6 heteroatoms. The third-order valence-electron chi connectivity index (χ3n) is 4.69. The van der Waals surface area contributed by atoms with Crippen LogP contribution in [0.2, 0.25) is 0 Å². The van der Waals surface area contributed by atoms with Gasteiger partial charge in [0, 0.05) is 44.6 Å². The van der Waals surface area contributed by atoms with E-state index in [4.69, 9.17) is 0 Å². The minimum atomic E-state index is 0.407. The zero-order valence-corrected chi connectivity index (χ0v) is 15.4. The van der Waals surface area contributed by atoms with Crippen LogP contribution in [-0.2, 0) is 20.0 Å². The van der Waals surface area contributed by atoms with E-state index in [2.05, 4.69) is 63.7 Å². The fraction of sp³-hybridized carbons (Fsp3) is 0.474. The lowest BCUT2D eigenvalue weighted by Crippen LogP contribution is -2.45. The van der Waals surface area contributed by atoms with Gasteiger partial charge >= 0.3 is 0 Å². The van der Waals surface area contributed by atoms with E-state index in [9.17, 15) is 0 Å². The van der Waals surface area contributed by atoms with Crippen molar-refractivity contribution in [2.24, 2.45) is 12.0 Å². The normalized spacial score (nSPS) is 15.2. The van der Waals surface area contributed by atoms with Crippen molar-refractivity contribution in [1.82, 2.24) is 20.4 Å². The van der Waals surface area contributed by atoms with Crippen LogP contribution in [0.5, 0.6) is 0 Å². The van der Waals surface area contributed by atoms with Gasteiger partial charge in [-0.25, -0.2) is 4.99 Å². The molecule has 3 rings (SSSR count). The number of nitrogens with zero attached hydrogens (tertiary/aromatic N) is 4. The Morgan fingerprint density at radius 1 is 1.28 bits per heavy atom. The molecule has 1 aliphatic rings. The number of fused-ring (bicyclic) bond motifs is 1. The van der Waals surface area contributed by atoms with Crippen molar-refractivity contribution in [2.75, 3.05) is 24.5 Å². The Labute approximate surface area is 149 Å². The zero-order valence-electron chi connectivity index (χ0n) is 15.4. The molecule has 1 aromatic heterocycles. The average Bonchev–Trinajstić information content (AvgIpc) is 3.23. The summed E-state index contributed by atoms with van der Waals surface area (Å²) < 4.78 is 1.86. The number of aliphatic imine (C=N–C) groups is 1. The highest BCUT2D eigenvalue weighted by atomic mass is 15.3. The van der Waals surface area contributed by atoms with Crippen LogP contribution in [0.25, 0.3) is 0 Å². The molecule has 2 heterocycles. The lowest BCUT2D eigenvalue weighted by atomic mass is 10.2. The highest BCUT2D eigenvalue weighted by molar-refractivity contribution is 5.79. The molecule has 134 valence electrons. The molecule has 25 heavy (non-hydrogen) atoms. The van der Waals surface area contributed by atoms with Crippen LogP contribution in [-0.4, -0.2) is 41.4 Å². The molecule has 1 unspecified atom stereocenters. The second-order valence-electron chi connectivity index (χ2n) is 6.44. The summed E-state index contributed by atoms with van der Waals surface area (Å²) in [6, 6.07) is 11.1. The van der Waals surface area contributed by atoms with Crippen LogP contribution in [0, 0.1) is 0 Å². The summed E-state index contributed by atoms with van der Waals surface area (Å²) in [5.74, 6) is 0.850. The first-order valence-electron chi connectivity index (χ1n) is 9.02. The third-order valence-corrected chi connectivity index (χ3v) is 4.69. The van der Waals surface area contributed by atoms with Crippen molar-refractivity contribution in [3.63, 3.8) is 0 Å². The molecule has 6 nitrogen and oxygen atoms in total. The maximum Gasteiger partial charge on any atom is 0.191 e. The number of aryl methyl sites for hydroxylation is 1. The second-order valence-corrected chi connectivity index (χ2v) is 6.44. The number of anilines is 1. The SMILES string of the molecule is CCNC(=NCc1ccnn1C)NCC(C)N1CCc2ccccc21. The zero-order chi connectivity index (χ0) is 17.6. The topological polar surface area (TPSA) is 57.5 Å². The number of para-hydroxylation sites is 1. The smallest absolute Gasteiger partial charge is 0.191 e. The van der Waals surface area contributed by atoms with Crippen LogP contribution in [0.1, 0.15) is 25.1 Å². The van der Waals surface area contributed by atoms with Crippen molar-refractivity contribution >= 4 is 11.6 Å². The Bertz CT molecular complexity index is 720. The minimum absolute atomic E-state index is 0.407. The molecule has 1 aromatic carbocycles.